The first kappa shape index (κ1) is 16.0. The van der Waals surface area contributed by atoms with Crippen molar-refractivity contribution in [1.29, 1.82) is 0 Å². The van der Waals surface area contributed by atoms with E-state index in [4.69, 9.17) is 17.3 Å². The minimum absolute atomic E-state index is 0.0498. The second-order valence-corrected chi connectivity index (χ2v) is 4.86. The molecule has 1 aromatic carbocycles. The Bertz CT molecular complexity index is 755. The second-order valence-electron chi connectivity index (χ2n) is 4.45. The highest BCUT2D eigenvalue weighted by Crippen LogP contribution is 2.29. The van der Waals surface area contributed by atoms with Gasteiger partial charge in [-0.25, -0.2) is 9.97 Å². The molecule has 0 amide bonds. The summed E-state index contributed by atoms with van der Waals surface area (Å²) in [6.07, 6.45) is 2.78. The molecule has 1 aromatic heterocycles. The average Bonchev–Trinajstić information content (AvgIpc) is 2.54. The summed E-state index contributed by atoms with van der Waals surface area (Å²) in [6.45, 7) is 8.24. The Morgan fingerprint density at radius 1 is 1.32 bits per heavy atom. The number of nitrogens with two attached hydrogens (primary N) is 1. The third-order valence-electron chi connectivity index (χ3n) is 3.03. The summed E-state index contributed by atoms with van der Waals surface area (Å²) in [5.41, 5.74) is 6.50. The smallest absolute Gasteiger partial charge is 0.165 e. The minimum Gasteiger partial charge on any atom is -0.507 e. The number of nitrogens with zero attached hydrogens (tertiary/aromatic N) is 2. The van der Waals surface area contributed by atoms with Gasteiger partial charge in [0.05, 0.1) is 16.1 Å². The number of aliphatic hydroxyl groups excluding tert-OH is 1. The quantitative estimate of drug-likeness (QED) is 0.562. The van der Waals surface area contributed by atoms with Crippen molar-refractivity contribution in [3.8, 4) is 0 Å². The lowest BCUT2D eigenvalue weighted by Crippen LogP contribution is -2.15. The van der Waals surface area contributed by atoms with Gasteiger partial charge in [0.2, 0.25) is 0 Å². The highest BCUT2D eigenvalue weighted by molar-refractivity contribution is 6.35. The lowest BCUT2D eigenvalue weighted by Gasteiger charge is -2.12. The molecule has 5 nitrogen and oxygen atoms in total. The lowest BCUT2D eigenvalue weighted by molar-refractivity contribution is 0.435. The maximum Gasteiger partial charge on any atom is 0.165 e. The van der Waals surface area contributed by atoms with Gasteiger partial charge in [0.15, 0.2) is 5.82 Å². The maximum absolute atomic E-state index is 9.92. The summed E-state index contributed by atoms with van der Waals surface area (Å²) < 4.78 is 0. The van der Waals surface area contributed by atoms with Crippen LogP contribution >= 0.6 is 11.6 Å². The molecule has 0 saturated heterocycles. The summed E-state index contributed by atoms with van der Waals surface area (Å²) >= 11 is 6.23. The first-order valence-electron chi connectivity index (χ1n) is 6.71. The molecule has 0 atom stereocenters. The van der Waals surface area contributed by atoms with E-state index in [1.807, 2.05) is 12.1 Å². The Morgan fingerprint density at radius 3 is 2.73 bits per heavy atom. The van der Waals surface area contributed by atoms with E-state index in [0.29, 0.717) is 40.8 Å². The molecule has 2 aromatic rings. The van der Waals surface area contributed by atoms with Crippen LogP contribution in [-0.4, -0.2) is 28.2 Å². The molecule has 0 spiro atoms. The molecule has 0 bridgehead atoms. The molecule has 0 saturated carbocycles. The number of aromatic nitrogens is 2. The molecule has 0 aliphatic rings. The average molecular weight is 317 g/mol. The molecular formula is C16H17ClN4O. The predicted octanol–water partition coefficient (Wildman–Crippen LogP) is 3.29. The van der Waals surface area contributed by atoms with Crippen molar-refractivity contribution < 1.29 is 5.11 Å². The number of hydrogen-bond donors (Lipinski definition) is 3. The normalized spacial score (nSPS) is 11.9. The van der Waals surface area contributed by atoms with Crippen LogP contribution in [0.3, 0.4) is 0 Å². The van der Waals surface area contributed by atoms with Crippen LogP contribution in [0.5, 0.6) is 0 Å². The number of hydrogen-bond acceptors (Lipinski definition) is 5. The van der Waals surface area contributed by atoms with Gasteiger partial charge in [-0.3, -0.25) is 0 Å². The van der Waals surface area contributed by atoms with Gasteiger partial charge < -0.3 is 16.2 Å². The number of aliphatic hydroxyl groups is 1. The fourth-order valence-corrected chi connectivity index (χ4v) is 2.20. The van der Waals surface area contributed by atoms with Gasteiger partial charge in [0, 0.05) is 18.5 Å². The van der Waals surface area contributed by atoms with Gasteiger partial charge in [-0.15, -0.1) is 0 Å². The van der Waals surface area contributed by atoms with Gasteiger partial charge >= 0.3 is 0 Å². The zero-order valence-corrected chi connectivity index (χ0v) is 12.8. The molecule has 114 valence electrons. The first-order chi connectivity index (χ1) is 10.6. The van der Waals surface area contributed by atoms with Crippen molar-refractivity contribution >= 4 is 33.9 Å². The van der Waals surface area contributed by atoms with Crippen molar-refractivity contribution in [2.24, 2.45) is 5.73 Å². The van der Waals surface area contributed by atoms with Gasteiger partial charge in [0.1, 0.15) is 11.6 Å². The van der Waals surface area contributed by atoms with Gasteiger partial charge in [-0.2, -0.15) is 0 Å². The molecule has 0 radical (unpaired) electrons. The topological polar surface area (TPSA) is 84.1 Å². The Hall–Kier alpha value is -2.37. The number of allylic oxidation sites excluding steroid dienone is 3. The molecular weight excluding hydrogens is 300 g/mol. The van der Waals surface area contributed by atoms with Crippen LogP contribution in [0.1, 0.15) is 5.82 Å². The molecule has 22 heavy (non-hydrogen) atoms. The van der Waals surface area contributed by atoms with E-state index in [0.717, 1.165) is 5.39 Å². The molecule has 0 unspecified atom stereocenters. The minimum atomic E-state index is -0.0498. The molecule has 4 N–H and O–H groups in total. The molecule has 1 heterocycles. The highest BCUT2D eigenvalue weighted by atomic mass is 35.5. The summed E-state index contributed by atoms with van der Waals surface area (Å²) in [7, 11) is 0. The monoisotopic (exact) mass is 316 g/mol. The van der Waals surface area contributed by atoms with Crippen LogP contribution < -0.4 is 11.1 Å². The van der Waals surface area contributed by atoms with E-state index < -0.39 is 0 Å². The fourth-order valence-electron chi connectivity index (χ4n) is 1.98. The fraction of sp³-hybridized carbons (Fsp3) is 0.125. The zero-order chi connectivity index (χ0) is 16.1. The standard InChI is InChI=1S/C16H17ClN4O/c1-3-10(13(22)4-2)16-20-14-11(6-5-7-12(14)17)15(21-16)19-9-8-18/h3-7,22H,1-2,8-9,18H2,(H,19,20,21)/b13-10-. The van der Waals surface area contributed by atoms with E-state index >= 15 is 0 Å². The number of nitrogens with one attached hydrogen (secondary N) is 1. The van der Waals surface area contributed by atoms with Crippen molar-refractivity contribution in [2.75, 3.05) is 18.4 Å². The van der Waals surface area contributed by atoms with Crippen LogP contribution in [0.15, 0.2) is 49.3 Å². The predicted molar refractivity (Wildman–Crippen MR) is 92.0 cm³/mol. The Kier molecular flexibility index (Phi) is 5.14. The van der Waals surface area contributed by atoms with Crippen LogP contribution in [-0.2, 0) is 0 Å². The Balaban J connectivity index is 2.73. The second kappa shape index (κ2) is 7.06. The summed E-state index contributed by atoms with van der Waals surface area (Å²) in [5, 5.41) is 14.3. The third-order valence-corrected chi connectivity index (χ3v) is 3.33. The van der Waals surface area contributed by atoms with E-state index in [9.17, 15) is 5.11 Å². The zero-order valence-electron chi connectivity index (χ0n) is 12.0. The first-order valence-corrected chi connectivity index (χ1v) is 7.08. The van der Waals surface area contributed by atoms with Crippen LogP contribution in [0.2, 0.25) is 5.02 Å². The Morgan fingerprint density at radius 2 is 2.09 bits per heavy atom. The summed E-state index contributed by atoms with van der Waals surface area (Å²) in [4.78, 5) is 8.88. The maximum atomic E-state index is 9.92. The van der Waals surface area contributed by atoms with E-state index in [1.165, 1.54) is 12.2 Å². The molecule has 0 aliphatic heterocycles. The van der Waals surface area contributed by atoms with Crippen molar-refractivity contribution in [3.63, 3.8) is 0 Å². The summed E-state index contributed by atoms with van der Waals surface area (Å²) in [5.74, 6) is 0.864. The largest absolute Gasteiger partial charge is 0.507 e. The van der Waals surface area contributed by atoms with Crippen LogP contribution in [0, 0.1) is 0 Å². The van der Waals surface area contributed by atoms with Gasteiger partial charge in [-0.05, 0) is 18.2 Å². The SMILES string of the molecule is C=C/C(O)=C(\C=C)c1nc(NCCN)c2cccc(Cl)c2n1. The van der Waals surface area contributed by atoms with Gasteiger partial charge in [0.25, 0.3) is 0 Å². The van der Waals surface area contributed by atoms with Crippen LogP contribution in [0.25, 0.3) is 16.5 Å². The van der Waals surface area contributed by atoms with Crippen LogP contribution in [0.4, 0.5) is 5.82 Å². The van der Waals surface area contributed by atoms with Gasteiger partial charge in [-0.1, -0.05) is 36.9 Å². The molecule has 0 fully saturated rings. The number of anilines is 1. The van der Waals surface area contributed by atoms with E-state index in [2.05, 4.69) is 28.4 Å². The molecule has 6 heteroatoms. The number of fused-ring (bicyclic) bond motifs is 1. The number of rotatable bonds is 6. The third kappa shape index (κ3) is 3.10. The van der Waals surface area contributed by atoms with E-state index in [-0.39, 0.29) is 5.76 Å². The number of benzene rings is 1. The molecule has 0 aliphatic carbocycles. The Labute approximate surface area is 133 Å². The van der Waals surface area contributed by atoms with E-state index in [1.54, 1.807) is 6.07 Å². The molecule has 2 rings (SSSR count). The number of halogens is 1. The highest BCUT2D eigenvalue weighted by Gasteiger charge is 2.13. The van der Waals surface area contributed by atoms with Crippen molar-refractivity contribution in [2.45, 2.75) is 0 Å². The van der Waals surface area contributed by atoms with Crippen molar-refractivity contribution in [1.82, 2.24) is 9.97 Å². The number of para-hydroxylation sites is 1. The van der Waals surface area contributed by atoms with Crippen molar-refractivity contribution in [3.05, 3.63) is 60.1 Å². The lowest BCUT2D eigenvalue weighted by atomic mass is 10.1. The summed E-state index contributed by atoms with van der Waals surface area (Å²) in [6, 6.07) is 5.44.